The predicted molar refractivity (Wildman–Crippen MR) is 153 cm³/mol. The van der Waals surface area contributed by atoms with E-state index in [9.17, 15) is 0 Å². The van der Waals surface area contributed by atoms with Gasteiger partial charge in [-0.2, -0.15) is 0 Å². The van der Waals surface area contributed by atoms with Crippen molar-refractivity contribution in [2.24, 2.45) is 0 Å². The van der Waals surface area contributed by atoms with Crippen LogP contribution in [-0.4, -0.2) is 31.5 Å². The van der Waals surface area contributed by atoms with Crippen LogP contribution >= 0.6 is 0 Å². The van der Waals surface area contributed by atoms with Crippen LogP contribution in [0, 0.1) is 0 Å². The molecule has 1 saturated carbocycles. The van der Waals surface area contributed by atoms with Gasteiger partial charge in [-0.15, -0.1) is 0 Å². The minimum atomic E-state index is 0.00361. The Morgan fingerprint density at radius 3 is 2.66 bits per heavy atom. The standard InChI is InChI=1S/C32H36N6/c1-2-10-26-25(9-1)23(21-35-26)20-34-24-14-16-32(17-15-24,19-30-36-27-11-3-4-12-28(27)37-30)38-29-13-5-7-22-8-6-18-33-31(22)29/h1-4,6,8-12,18,21,24,29,34-35,38H,5,7,13-17,19-20H2,(H,36,37). The third-order valence-corrected chi connectivity index (χ3v) is 8.82. The third kappa shape index (κ3) is 4.63. The van der Waals surface area contributed by atoms with Crippen LogP contribution in [0.25, 0.3) is 21.9 Å². The molecular formula is C32H36N6. The molecule has 5 aromatic rings. The van der Waals surface area contributed by atoms with Crippen LogP contribution in [0.15, 0.2) is 73.1 Å². The molecule has 4 N–H and O–H groups in total. The molecule has 38 heavy (non-hydrogen) atoms. The molecule has 194 valence electrons. The Bertz CT molecular complexity index is 1510. The van der Waals surface area contributed by atoms with Crippen molar-refractivity contribution in [1.29, 1.82) is 0 Å². The lowest BCUT2D eigenvalue weighted by molar-refractivity contribution is 0.170. The summed E-state index contributed by atoms with van der Waals surface area (Å²) in [5.74, 6) is 1.08. The van der Waals surface area contributed by atoms with E-state index in [1.165, 1.54) is 34.1 Å². The summed E-state index contributed by atoms with van der Waals surface area (Å²) in [5.41, 5.74) is 7.40. The van der Waals surface area contributed by atoms with Crippen molar-refractivity contribution < 1.29 is 0 Å². The number of H-pyrrole nitrogens is 2. The molecule has 0 spiro atoms. The Morgan fingerprint density at radius 1 is 0.921 bits per heavy atom. The maximum Gasteiger partial charge on any atom is 0.109 e. The molecule has 0 saturated heterocycles. The molecule has 0 aliphatic heterocycles. The van der Waals surface area contributed by atoms with Crippen molar-refractivity contribution in [1.82, 2.24) is 30.6 Å². The third-order valence-electron chi connectivity index (χ3n) is 8.82. The van der Waals surface area contributed by atoms with Gasteiger partial charge in [0, 0.05) is 47.8 Å². The van der Waals surface area contributed by atoms with Crippen LogP contribution in [0.1, 0.15) is 67.2 Å². The van der Waals surface area contributed by atoms with Crippen molar-refractivity contribution in [3.05, 3.63) is 95.7 Å². The van der Waals surface area contributed by atoms with E-state index in [4.69, 9.17) is 9.97 Å². The Hall–Kier alpha value is -3.48. The Balaban J connectivity index is 1.10. The number of hydrogen-bond donors (Lipinski definition) is 4. The first-order chi connectivity index (χ1) is 18.7. The summed E-state index contributed by atoms with van der Waals surface area (Å²) in [6.07, 6.45) is 13.1. The van der Waals surface area contributed by atoms with Crippen molar-refractivity contribution in [2.75, 3.05) is 0 Å². The average molecular weight is 505 g/mol. The van der Waals surface area contributed by atoms with E-state index in [0.29, 0.717) is 12.1 Å². The van der Waals surface area contributed by atoms with Gasteiger partial charge in [-0.1, -0.05) is 36.4 Å². The SMILES string of the molecule is c1cnc2c(c1)CCCC2NC1(Cc2nc3ccccc3[nH]2)CCC(NCc2c[nH]c3ccccc23)CC1. The lowest BCUT2D eigenvalue weighted by Gasteiger charge is -2.44. The Morgan fingerprint density at radius 2 is 1.76 bits per heavy atom. The number of nitrogens with one attached hydrogen (secondary N) is 4. The van der Waals surface area contributed by atoms with Crippen molar-refractivity contribution in [3.63, 3.8) is 0 Å². The van der Waals surface area contributed by atoms with E-state index < -0.39 is 0 Å². The first-order valence-corrected chi connectivity index (χ1v) is 14.2. The highest BCUT2D eigenvalue weighted by Crippen LogP contribution is 2.37. The summed E-state index contributed by atoms with van der Waals surface area (Å²) in [7, 11) is 0. The van der Waals surface area contributed by atoms with E-state index in [2.05, 4.69) is 87.5 Å². The van der Waals surface area contributed by atoms with Crippen LogP contribution < -0.4 is 10.6 Å². The van der Waals surface area contributed by atoms with Crippen LogP contribution in [0.5, 0.6) is 0 Å². The molecule has 6 heteroatoms. The van der Waals surface area contributed by atoms with Gasteiger partial charge in [0.05, 0.1) is 22.8 Å². The highest BCUT2D eigenvalue weighted by molar-refractivity contribution is 5.83. The Kier molecular flexibility index (Phi) is 6.22. The van der Waals surface area contributed by atoms with Gasteiger partial charge in [0.1, 0.15) is 5.82 Å². The Labute approximate surface area is 223 Å². The molecular weight excluding hydrogens is 468 g/mol. The molecule has 1 atom stereocenters. The maximum absolute atomic E-state index is 4.98. The number of aromatic nitrogens is 4. The number of rotatable bonds is 7. The zero-order valence-electron chi connectivity index (χ0n) is 21.8. The summed E-state index contributed by atoms with van der Waals surface area (Å²) in [6.45, 7) is 0.901. The van der Waals surface area contributed by atoms with Gasteiger partial charge >= 0.3 is 0 Å². The molecule has 1 fully saturated rings. The molecule has 2 aliphatic rings. The van der Waals surface area contributed by atoms with Crippen LogP contribution in [-0.2, 0) is 19.4 Å². The molecule has 0 radical (unpaired) electrons. The molecule has 7 rings (SSSR count). The number of nitrogens with zero attached hydrogens (tertiary/aromatic N) is 2. The van der Waals surface area contributed by atoms with Gasteiger partial charge in [0.2, 0.25) is 0 Å². The number of fused-ring (bicyclic) bond motifs is 3. The fraction of sp³-hybridized carbons (Fsp3) is 0.375. The smallest absolute Gasteiger partial charge is 0.109 e. The highest BCUT2D eigenvalue weighted by Gasteiger charge is 2.39. The molecule has 3 heterocycles. The van der Waals surface area contributed by atoms with Crippen LogP contribution in [0.4, 0.5) is 0 Å². The first-order valence-electron chi connectivity index (χ1n) is 14.2. The fourth-order valence-corrected chi connectivity index (χ4v) is 6.81. The molecule has 2 aromatic carbocycles. The first kappa shape index (κ1) is 23.6. The van der Waals surface area contributed by atoms with E-state index >= 15 is 0 Å². The van der Waals surface area contributed by atoms with Crippen molar-refractivity contribution in [2.45, 2.75) is 75.5 Å². The number of para-hydroxylation sites is 3. The molecule has 2 aliphatic carbocycles. The molecule has 6 nitrogen and oxygen atoms in total. The zero-order valence-corrected chi connectivity index (χ0v) is 21.8. The molecule has 1 unspecified atom stereocenters. The summed E-state index contributed by atoms with van der Waals surface area (Å²) in [4.78, 5) is 16.8. The van der Waals surface area contributed by atoms with Gasteiger partial charge in [-0.05, 0) is 80.3 Å². The van der Waals surface area contributed by atoms with E-state index in [1.54, 1.807) is 0 Å². The summed E-state index contributed by atoms with van der Waals surface area (Å²) in [5, 5.41) is 9.37. The maximum atomic E-state index is 4.98. The topological polar surface area (TPSA) is 81.4 Å². The van der Waals surface area contributed by atoms with Gasteiger partial charge in [0.15, 0.2) is 0 Å². The van der Waals surface area contributed by atoms with Gasteiger partial charge in [-0.3, -0.25) is 4.98 Å². The number of pyridine rings is 1. The number of aromatic amines is 2. The highest BCUT2D eigenvalue weighted by atomic mass is 15.1. The lowest BCUT2D eigenvalue weighted by Crippen LogP contribution is -2.54. The fourth-order valence-electron chi connectivity index (χ4n) is 6.81. The minimum Gasteiger partial charge on any atom is -0.361 e. The number of imidazole rings is 1. The second-order valence-electron chi connectivity index (χ2n) is 11.3. The van der Waals surface area contributed by atoms with Crippen LogP contribution in [0.2, 0.25) is 0 Å². The average Bonchev–Trinajstić information content (AvgIpc) is 3.56. The lowest BCUT2D eigenvalue weighted by atomic mass is 9.75. The number of aryl methyl sites for hydroxylation is 1. The van der Waals surface area contributed by atoms with Gasteiger partial charge in [0.25, 0.3) is 0 Å². The summed E-state index contributed by atoms with van der Waals surface area (Å²) >= 11 is 0. The zero-order chi connectivity index (χ0) is 25.4. The monoisotopic (exact) mass is 504 g/mol. The normalized spacial score (nSPS) is 23.6. The molecule has 0 bridgehead atoms. The van der Waals surface area contributed by atoms with E-state index in [0.717, 1.165) is 68.3 Å². The van der Waals surface area contributed by atoms with Crippen LogP contribution in [0.3, 0.4) is 0 Å². The quantitative estimate of drug-likeness (QED) is 0.215. The molecule has 3 aromatic heterocycles. The predicted octanol–water partition coefficient (Wildman–Crippen LogP) is 6.12. The van der Waals surface area contributed by atoms with E-state index in [1.807, 2.05) is 6.20 Å². The van der Waals surface area contributed by atoms with Crippen molar-refractivity contribution >= 4 is 21.9 Å². The summed E-state index contributed by atoms with van der Waals surface area (Å²) in [6, 6.07) is 22.1. The van der Waals surface area contributed by atoms with Crippen molar-refractivity contribution in [3.8, 4) is 0 Å². The summed E-state index contributed by atoms with van der Waals surface area (Å²) < 4.78 is 0. The van der Waals surface area contributed by atoms with E-state index in [-0.39, 0.29) is 5.54 Å². The van der Waals surface area contributed by atoms with Gasteiger partial charge < -0.3 is 20.6 Å². The largest absolute Gasteiger partial charge is 0.361 e. The second kappa shape index (κ2) is 10.0. The van der Waals surface area contributed by atoms with Gasteiger partial charge in [-0.25, -0.2) is 4.98 Å². The minimum absolute atomic E-state index is 0.00361. The number of hydrogen-bond acceptors (Lipinski definition) is 4. The molecule has 0 amide bonds. The number of benzene rings is 2. The second-order valence-corrected chi connectivity index (χ2v) is 11.3.